The predicted molar refractivity (Wildman–Crippen MR) is 134 cm³/mol. The molecule has 2 aliphatic heterocycles. The summed E-state index contributed by atoms with van der Waals surface area (Å²) in [5.41, 5.74) is 2.11. The molecule has 0 saturated carbocycles. The molecular formula is C26H34F2N4O4. The molecular weight excluding hydrogens is 470 g/mol. The number of aromatic nitrogens is 1. The molecule has 10 heteroatoms. The number of carbonyl (C=O) groups is 1. The van der Waals surface area contributed by atoms with E-state index in [1.807, 2.05) is 29.2 Å². The van der Waals surface area contributed by atoms with Crippen LogP contribution in [-0.2, 0) is 4.74 Å². The second-order valence-electron chi connectivity index (χ2n) is 9.38. The van der Waals surface area contributed by atoms with Crippen LogP contribution in [0.4, 0.5) is 25.0 Å². The van der Waals surface area contributed by atoms with Crippen LogP contribution in [0, 0.1) is 0 Å². The number of ether oxygens (including phenoxy) is 3. The lowest BCUT2D eigenvalue weighted by molar-refractivity contribution is -0.0710. The molecule has 0 unspecified atom stereocenters. The summed E-state index contributed by atoms with van der Waals surface area (Å²) in [4.78, 5) is 22.2. The summed E-state index contributed by atoms with van der Waals surface area (Å²) in [5.74, 6) is 0.294. The van der Waals surface area contributed by atoms with Crippen molar-refractivity contribution in [3.8, 4) is 11.8 Å². The number of rotatable bonds is 9. The first kappa shape index (κ1) is 26.1. The minimum absolute atomic E-state index is 0.0289. The van der Waals surface area contributed by atoms with Crippen LogP contribution >= 0.6 is 0 Å². The zero-order chi connectivity index (χ0) is 25.7. The number of nitrogens with one attached hydrogen (secondary N) is 1. The summed E-state index contributed by atoms with van der Waals surface area (Å²) in [7, 11) is 1.42. The van der Waals surface area contributed by atoms with Crippen molar-refractivity contribution in [2.45, 2.75) is 51.1 Å². The van der Waals surface area contributed by atoms with Gasteiger partial charge in [0.05, 0.1) is 26.4 Å². The highest BCUT2D eigenvalue weighted by molar-refractivity contribution is 6.03. The number of methoxy groups -OCH3 is 1. The molecule has 1 aromatic heterocycles. The number of para-hydroxylation sites is 1. The maximum atomic E-state index is 13.8. The summed E-state index contributed by atoms with van der Waals surface area (Å²) in [6.45, 7) is 6.62. The first-order chi connectivity index (χ1) is 17.4. The van der Waals surface area contributed by atoms with Crippen LogP contribution in [0.25, 0.3) is 0 Å². The maximum Gasteiger partial charge on any atom is 0.326 e. The van der Waals surface area contributed by atoms with E-state index < -0.39 is 13.0 Å². The van der Waals surface area contributed by atoms with Crippen LogP contribution < -0.4 is 19.7 Å². The Kier molecular flexibility index (Phi) is 8.58. The van der Waals surface area contributed by atoms with Gasteiger partial charge in [-0.2, -0.15) is 4.98 Å². The lowest BCUT2D eigenvalue weighted by Gasteiger charge is -2.44. The van der Waals surface area contributed by atoms with Crippen molar-refractivity contribution in [1.29, 1.82) is 0 Å². The Morgan fingerprint density at radius 3 is 2.53 bits per heavy atom. The Balaban J connectivity index is 1.61. The minimum atomic E-state index is -2.68. The van der Waals surface area contributed by atoms with Gasteiger partial charge in [-0.25, -0.2) is 13.6 Å². The fraction of sp³-hybridized carbons (Fsp3) is 0.538. The molecule has 0 radical (unpaired) electrons. The fourth-order valence-electron chi connectivity index (χ4n) is 4.67. The molecule has 2 aliphatic rings. The normalized spacial score (nSPS) is 17.2. The second-order valence-corrected chi connectivity index (χ2v) is 9.38. The third-order valence-electron chi connectivity index (χ3n) is 6.67. The number of halogens is 2. The van der Waals surface area contributed by atoms with Crippen LogP contribution in [0.15, 0.2) is 36.4 Å². The molecule has 3 heterocycles. The van der Waals surface area contributed by atoms with Crippen molar-refractivity contribution >= 4 is 17.4 Å². The van der Waals surface area contributed by atoms with Gasteiger partial charge in [-0.3, -0.25) is 9.80 Å². The number of hydrogen-bond donors (Lipinski definition) is 1. The number of anilines is 2. The third kappa shape index (κ3) is 6.04. The molecule has 8 nitrogen and oxygen atoms in total. The van der Waals surface area contributed by atoms with Crippen molar-refractivity contribution in [2.24, 2.45) is 0 Å². The summed E-state index contributed by atoms with van der Waals surface area (Å²) in [5, 5.41) is 2.87. The van der Waals surface area contributed by atoms with Gasteiger partial charge in [-0.05, 0) is 36.5 Å². The summed E-state index contributed by atoms with van der Waals surface area (Å²) < 4.78 is 41.3. The first-order valence-corrected chi connectivity index (χ1v) is 12.3. The van der Waals surface area contributed by atoms with Gasteiger partial charge in [-0.15, -0.1) is 0 Å². The number of benzene rings is 1. The van der Waals surface area contributed by atoms with Gasteiger partial charge in [0.25, 0.3) is 6.43 Å². The summed E-state index contributed by atoms with van der Waals surface area (Å²) >= 11 is 0. The standard InChI is InChI=1S/C26H34F2N4O4/c1-17(2)20-6-4-5-7-22(20)32(18-10-12-31(13-11-18)19-14-35-15-19)26(33)29-21-8-9-24(34-3)30-25(21)36-16-23(27)28/h4-9,17-19,23H,10-16H2,1-3H3,(H,29,33). The number of carbonyl (C=O) groups excluding carboxylic acids is 1. The number of amides is 2. The molecule has 2 amide bonds. The van der Waals surface area contributed by atoms with Gasteiger partial charge >= 0.3 is 6.03 Å². The van der Waals surface area contributed by atoms with Gasteiger partial charge in [0, 0.05) is 30.9 Å². The minimum Gasteiger partial charge on any atom is -0.481 e. The number of alkyl halides is 2. The van der Waals surface area contributed by atoms with E-state index in [0.717, 1.165) is 50.4 Å². The number of piperidine rings is 1. The van der Waals surface area contributed by atoms with E-state index in [-0.39, 0.29) is 35.4 Å². The van der Waals surface area contributed by atoms with E-state index in [4.69, 9.17) is 14.2 Å². The topological polar surface area (TPSA) is 76.2 Å². The lowest BCUT2D eigenvalue weighted by Crippen LogP contribution is -2.55. The largest absolute Gasteiger partial charge is 0.481 e. The van der Waals surface area contributed by atoms with Gasteiger partial charge in [0.1, 0.15) is 5.69 Å². The van der Waals surface area contributed by atoms with Crippen LogP contribution in [0.1, 0.15) is 38.2 Å². The van der Waals surface area contributed by atoms with Crippen LogP contribution in [0.3, 0.4) is 0 Å². The number of nitrogens with zero attached hydrogens (tertiary/aromatic N) is 3. The smallest absolute Gasteiger partial charge is 0.326 e. The molecule has 2 aromatic rings. The van der Waals surface area contributed by atoms with Crippen LogP contribution in [0.5, 0.6) is 11.8 Å². The molecule has 0 spiro atoms. The van der Waals surface area contributed by atoms with E-state index in [0.29, 0.717) is 6.04 Å². The second kappa shape index (κ2) is 11.8. The monoisotopic (exact) mass is 504 g/mol. The molecule has 2 saturated heterocycles. The van der Waals surface area contributed by atoms with E-state index in [2.05, 4.69) is 29.0 Å². The molecule has 1 aromatic carbocycles. The van der Waals surface area contributed by atoms with E-state index >= 15 is 0 Å². The van der Waals surface area contributed by atoms with E-state index in [9.17, 15) is 13.6 Å². The van der Waals surface area contributed by atoms with Crippen molar-refractivity contribution in [3.05, 3.63) is 42.0 Å². The van der Waals surface area contributed by atoms with Crippen LogP contribution in [0.2, 0.25) is 0 Å². The van der Waals surface area contributed by atoms with Crippen molar-refractivity contribution in [2.75, 3.05) is 50.2 Å². The fourth-order valence-corrected chi connectivity index (χ4v) is 4.67. The SMILES string of the molecule is COc1ccc(NC(=O)N(c2ccccc2C(C)C)C2CCN(C3COC3)CC2)c(OCC(F)F)n1. The molecule has 196 valence electrons. The molecule has 2 fully saturated rings. The van der Waals surface area contributed by atoms with Crippen molar-refractivity contribution < 1.29 is 27.8 Å². The Morgan fingerprint density at radius 2 is 1.92 bits per heavy atom. The zero-order valence-corrected chi connectivity index (χ0v) is 21.0. The number of urea groups is 1. The highest BCUT2D eigenvalue weighted by atomic mass is 19.3. The first-order valence-electron chi connectivity index (χ1n) is 12.3. The van der Waals surface area contributed by atoms with E-state index in [1.165, 1.54) is 7.11 Å². The Morgan fingerprint density at radius 1 is 1.19 bits per heavy atom. The molecule has 0 aliphatic carbocycles. The summed E-state index contributed by atoms with van der Waals surface area (Å²) in [6.07, 6.45) is -1.06. The molecule has 36 heavy (non-hydrogen) atoms. The Hall–Kier alpha value is -2.98. The maximum absolute atomic E-state index is 13.8. The quantitative estimate of drug-likeness (QED) is 0.531. The average molecular weight is 505 g/mol. The number of pyridine rings is 1. The van der Waals surface area contributed by atoms with Gasteiger partial charge in [0.15, 0.2) is 6.61 Å². The van der Waals surface area contributed by atoms with Crippen molar-refractivity contribution in [1.82, 2.24) is 9.88 Å². The molecule has 0 atom stereocenters. The van der Waals surface area contributed by atoms with E-state index in [1.54, 1.807) is 12.1 Å². The lowest BCUT2D eigenvalue weighted by atomic mass is 9.96. The molecule has 0 bridgehead atoms. The Labute approximate surface area is 210 Å². The number of hydrogen-bond acceptors (Lipinski definition) is 6. The predicted octanol–water partition coefficient (Wildman–Crippen LogP) is 4.76. The van der Waals surface area contributed by atoms with Crippen LogP contribution in [-0.4, -0.2) is 74.4 Å². The van der Waals surface area contributed by atoms with Crippen molar-refractivity contribution in [3.63, 3.8) is 0 Å². The zero-order valence-electron chi connectivity index (χ0n) is 21.0. The van der Waals surface area contributed by atoms with Gasteiger partial charge in [-0.1, -0.05) is 32.0 Å². The number of likely N-dealkylation sites (tertiary alicyclic amines) is 1. The average Bonchev–Trinajstić information content (AvgIpc) is 2.83. The van der Waals surface area contributed by atoms with Gasteiger partial charge in [0.2, 0.25) is 11.8 Å². The molecule has 1 N–H and O–H groups in total. The highest BCUT2D eigenvalue weighted by Gasteiger charge is 2.35. The Bertz CT molecular complexity index is 1030. The summed E-state index contributed by atoms with van der Waals surface area (Å²) in [6, 6.07) is 11.1. The highest BCUT2D eigenvalue weighted by Crippen LogP contribution is 2.34. The third-order valence-corrected chi connectivity index (χ3v) is 6.67. The molecule has 4 rings (SSSR count). The van der Waals surface area contributed by atoms with Gasteiger partial charge < -0.3 is 19.5 Å².